The number of hydrogen-bond acceptors (Lipinski definition) is 2. The van der Waals surface area contributed by atoms with E-state index in [9.17, 15) is 4.79 Å². The molecule has 1 fully saturated rings. The summed E-state index contributed by atoms with van der Waals surface area (Å²) in [6, 6.07) is 6.70. The number of benzene rings is 1. The van der Waals surface area contributed by atoms with Crippen LogP contribution in [0.4, 0.5) is 4.79 Å². The summed E-state index contributed by atoms with van der Waals surface area (Å²) in [6.07, 6.45) is 8.82. The monoisotopic (exact) mass is 341 g/mol. The number of hydrogen-bond donors (Lipinski definition) is 3. The first-order chi connectivity index (χ1) is 12.2. The SMILES string of the molecule is COc1ccc2[nH]c3c(c2c1)CC(NC(=O)NC1CCCCC1)CC3. The number of aryl methyl sites for hydroxylation is 1. The molecule has 0 bridgehead atoms. The Morgan fingerprint density at radius 3 is 2.72 bits per heavy atom. The molecule has 1 aromatic heterocycles. The number of nitrogens with one attached hydrogen (secondary N) is 3. The molecule has 1 unspecified atom stereocenters. The van der Waals surface area contributed by atoms with Crippen LogP contribution in [0.15, 0.2) is 18.2 Å². The fraction of sp³-hybridized carbons (Fsp3) is 0.550. The summed E-state index contributed by atoms with van der Waals surface area (Å²) in [5.74, 6) is 0.874. The maximum atomic E-state index is 12.3. The van der Waals surface area contributed by atoms with E-state index in [-0.39, 0.29) is 12.1 Å². The summed E-state index contributed by atoms with van der Waals surface area (Å²) in [7, 11) is 1.69. The van der Waals surface area contributed by atoms with Gasteiger partial charge in [0.15, 0.2) is 0 Å². The van der Waals surface area contributed by atoms with Crippen LogP contribution in [0.5, 0.6) is 5.75 Å². The lowest BCUT2D eigenvalue weighted by Crippen LogP contribution is -2.48. The molecule has 3 N–H and O–H groups in total. The van der Waals surface area contributed by atoms with E-state index in [2.05, 4.69) is 27.8 Å². The first-order valence-corrected chi connectivity index (χ1v) is 9.47. The Bertz CT molecular complexity index is 762. The lowest BCUT2D eigenvalue weighted by molar-refractivity contribution is 0.227. The van der Waals surface area contributed by atoms with Gasteiger partial charge in [0.25, 0.3) is 0 Å². The topological polar surface area (TPSA) is 66.1 Å². The lowest BCUT2D eigenvalue weighted by Gasteiger charge is -2.27. The van der Waals surface area contributed by atoms with Crippen molar-refractivity contribution in [1.29, 1.82) is 0 Å². The zero-order valence-corrected chi connectivity index (χ0v) is 14.9. The van der Waals surface area contributed by atoms with E-state index in [4.69, 9.17) is 4.74 Å². The summed E-state index contributed by atoms with van der Waals surface area (Å²) in [6.45, 7) is 0. The molecular weight excluding hydrogens is 314 g/mol. The second kappa shape index (κ2) is 6.98. The molecule has 2 aliphatic rings. The van der Waals surface area contributed by atoms with Crippen molar-refractivity contribution < 1.29 is 9.53 Å². The Hall–Kier alpha value is -2.17. The molecule has 5 nitrogen and oxygen atoms in total. The molecular formula is C20H27N3O2. The number of rotatable bonds is 3. The van der Waals surface area contributed by atoms with Crippen molar-refractivity contribution in [3.63, 3.8) is 0 Å². The highest BCUT2D eigenvalue weighted by atomic mass is 16.5. The summed E-state index contributed by atoms with van der Waals surface area (Å²) < 4.78 is 5.37. The van der Waals surface area contributed by atoms with Crippen LogP contribution in [0.1, 0.15) is 49.8 Å². The third-order valence-corrected chi connectivity index (χ3v) is 5.67. The Kier molecular flexibility index (Phi) is 4.55. The van der Waals surface area contributed by atoms with Crippen LogP contribution in [0.2, 0.25) is 0 Å². The van der Waals surface area contributed by atoms with Crippen molar-refractivity contribution in [3.05, 3.63) is 29.5 Å². The number of H-pyrrole nitrogens is 1. The Morgan fingerprint density at radius 2 is 1.92 bits per heavy atom. The number of ether oxygens (including phenoxy) is 1. The van der Waals surface area contributed by atoms with E-state index in [1.54, 1.807) is 7.11 Å². The van der Waals surface area contributed by atoms with Gasteiger partial charge in [0.05, 0.1) is 7.11 Å². The molecule has 1 heterocycles. The van der Waals surface area contributed by atoms with Crippen molar-refractivity contribution >= 4 is 16.9 Å². The highest BCUT2D eigenvalue weighted by molar-refractivity contribution is 5.86. The largest absolute Gasteiger partial charge is 0.497 e. The van der Waals surface area contributed by atoms with Crippen LogP contribution in [-0.4, -0.2) is 30.2 Å². The summed E-state index contributed by atoms with van der Waals surface area (Å²) in [5, 5.41) is 7.57. The molecule has 4 rings (SSSR count). The minimum Gasteiger partial charge on any atom is -0.497 e. The fourth-order valence-electron chi connectivity index (χ4n) is 4.31. The Balaban J connectivity index is 1.44. The zero-order valence-electron chi connectivity index (χ0n) is 14.9. The standard InChI is InChI=1S/C20H27N3O2/c1-25-15-8-10-19-17(12-15)16-11-14(7-9-18(16)23-19)22-20(24)21-13-5-3-2-4-6-13/h8,10,12-14,23H,2-7,9,11H2,1H3,(H2,21,22,24). The summed E-state index contributed by atoms with van der Waals surface area (Å²) >= 11 is 0. The average molecular weight is 341 g/mol. The van der Waals surface area contributed by atoms with Gasteiger partial charge in [0.1, 0.15) is 5.75 Å². The second-order valence-corrected chi connectivity index (χ2v) is 7.39. The molecule has 5 heteroatoms. The number of fused-ring (bicyclic) bond motifs is 3. The third-order valence-electron chi connectivity index (χ3n) is 5.67. The number of carbonyl (C=O) groups is 1. The van der Waals surface area contributed by atoms with Gasteiger partial charge in [0, 0.05) is 28.7 Å². The number of methoxy groups -OCH3 is 1. The molecule has 25 heavy (non-hydrogen) atoms. The molecule has 0 aliphatic heterocycles. The molecule has 0 radical (unpaired) electrons. The van der Waals surface area contributed by atoms with Gasteiger partial charge in [-0.25, -0.2) is 4.79 Å². The van der Waals surface area contributed by atoms with Gasteiger partial charge >= 0.3 is 6.03 Å². The predicted molar refractivity (Wildman–Crippen MR) is 99.2 cm³/mol. The van der Waals surface area contributed by atoms with Crippen LogP contribution in [0.25, 0.3) is 10.9 Å². The maximum Gasteiger partial charge on any atom is 0.315 e. The smallest absolute Gasteiger partial charge is 0.315 e. The zero-order chi connectivity index (χ0) is 17.2. The van der Waals surface area contributed by atoms with Gasteiger partial charge in [-0.15, -0.1) is 0 Å². The van der Waals surface area contributed by atoms with E-state index in [1.165, 1.54) is 35.9 Å². The highest BCUT2D eigenvalue weighted by Gasteiger charge is 2.25. The Labute approximate surface area is 148 Å². The quantitative estimate of drug-likeness (QED) is 0.797. The van der Waals surface area contributed by atoms with Gasteiger partial charge in [-0.1, -0.05) is 19.3 Å². The predicted octanol–water partition coefficient (Wildman–Crippen LogP) is 3.67. The highest BCUT2D eigenvalue weighted by Crippen LogP contribution is 2.31. The minimum absolute atomic E-state index is 0.00206. The third kappa shape index (κ3) is 3.46. The van der Waals surface area contributed by atoms with Crippen molar-refractivity contribution in [2.75, 3.05) is 7.11 Å². The normalized spacial score (nSPS) is 20.9. The molecule has 0 spiro atoms. The first-order valence-electron chi connectivity index (χ1n) is 9.47. The van der Waals surface area contributed by atoms with E-state index in [0.29, 0.717) is 6.04 Å². The molecule has 2 aromatic rings. The van der Waals surface area contributed by atoms with E-state index in [0.717, 1.165) is 43.4 Å². The molecule has 2 aliphatic carbocycles. The number of carbonyl (C=O) groups excluding carboxylic acids is 1. The van der Waals surface area contributed by atoms with Gasteiger partial charge in [-0.2, -0.15) is 0 Å². The molecule has 134 valence electrons. The average Bonchev–Trinajstić information content (AvgIpc) is 2.99. The van der Waals surface area contributed by atoms with Gasteiger partial charge in [-0.05, 0) is 55.9 Å². The van der Waals surface area contributed by atoms with E-state index in [1.807, 2.05) is 6.07 Å². The molecule has 1 saturated carbocycles. The fourth-order valence-corrected chi connectivity index (χ4v) is 4.31. The molecule has 2 amide bonds. The number of aromatic nitrogens is 1. The number of urea groups is 1. The van der Waals surface area contributed by atoms with Crippen LogP contribution < -0.4 is 15.4 Å². The molecule has 0 saturated heterocycles. The first kappa shape index (κ1) is 16.3. The van der Waals surface area contributed by atoms with Gasteiger partial charge in [0.2, 0.25) is 0 Å². The van der Waals surface area contributed by atoms with Crippen molar-refractivity contribution in [3.8, 4) is 5.75 Å². The second-order valence-electron chi connectivity index (χ2n) is 7.39. The van der Waals surface area contributed by atoms with Crippen molar-refractivity contribution in [2.24, 2.45) is 0 Å². The maximum absolute atomic E-state index is 12.3. The van der Waals surface area contributed by atoms with Gasteiger partial charge < -0.3 is 20.4 Å². The van der Waals surface area contributed by atoms with Crippen LogP contribution in [0.3, 0.4) is 0 Å². The molecule has 1 aromatic carbocycles. The van der Waals surface area contributed by atoms with Gasteiger partial charge in [-0.3, -0.25) is 0 Å². The van der Waals surface area contributed by atoms with Crippen LogP contribution >= 0.6 is 0 Å². The van der Waals surface area contributed by atoms with Crippen molar-refractivity contribution in [2.45, 2.75) is 63.5 Å². The van der Waals surface area contributed by atoms with Crippen LogP contribution in [-0.2, 0) is 12.8 Å². The summed E-state index contributed by atoms with van der Waals surface area (Å²) in [5.41, 5.74) is 3.77. The number of amides is 2. The minimum atomic E-state index is -0.00206. The summed E-state index contributed by atoms with van der Waals surface area (Å²) in [4.78, 5) is 15.9. The van der Waals surface area contributed by atoms with E-state index < -0.39 is 0 Å². The number of aromatic amines is 1. The van der Waals surface area contributed by atoms with E-state index >= 15 is 0 Å². The Morgan fingerprint density at radius 1 is 1.12 bits per heavy atom. The van der Waals surface area contributed by atoms with Crippen molar-refractivity contribution in [1.82, 2.24) is 15.6 Å². The van der Waals surface area contributed by atoms with Crippen LogP contribution in [0, 0.1) is 0 Å². The lowest BCUT2D eigenvalue weighted by atomic mass is 9.91. The molecule has 1 atom stereocenters.